The Morgan fingerprint density at radius 2 is 0.500 bits per heavy atom. The summed E-state index contributed by atoms with van der Waals surface area (Å²) < 4.78 is 68.5. The van der Waals surface area contributed by atoms with Gasteiger partial charge in [0.15, 0.2) is 12.2 Å². The first-order chi connectivity index (χ1) is 47.7. The van der Waals surface area contributed by atoms with Crippen LogP contribution in [0.2, 0.25) is 0 Å². The zero-order valence-corrected chi connectivity index (χ0v) is 64.3. The molecule has 0 aromatic rings. The van der Waals surface area contributed by atoms with Crippen molar-refractivity contribution in [1.82, 2.24) is 0 Å². The molecule has 0 spiro atoms. The van der Waals surface area contributed by atoms with E-state index in [9.17, 15) is 43.2 Å². The topological polar surface area (TPSA) is 237 Å². The van der Waals surface area contributed by atoms with E-state index in [1.807, 2.05) is 0 Å². The highest BCUT2D eigenvalue weighted by molar-refractivity contribution is 7.47. The number of carbonyl (C=O) groups excluding carboxylic acids is 4. The zero-order valence-electron chi connectivity index (χ0n) is 62.5. The SMILES string of the molecule is CCCCC/C=C\C/C=C\CCCCCCCC(=O)OC[C@H](COP(=O)(O)OC[C@@H](O)COP(=O)(O)OC[C@@H](COC(=O)CCCCCCC/C=C\CCCCCCCC)OC(=O)CCCCCCCCCCCCCCC)OC(=O)CCCCCCC/C=C\C/C=C\CCCCC. The fourth-order valence-electron chi connectivity index (χ4n) is 10.9. The molecular formula is C79H144O17P2. The van der Waals surface area contributed by atoms with Gasteiger partial charge in [-0.1, -0.05) is 281 Å². The highest BCUT2D eigenvalue weighted by Crippen LogP contribution is 2.45. The number of rotatable bonds is 75. The van der Waals surface area contributed by atoms with Crippen molar-refractivity contribution in [3.8, 4) is 0 Å². The minimum Gasteiger partial charge on any atom is -0.462 e. The molecule has 0 bridgehead atoms. The van der Waals surface area contributed by atoms with Gasteiger partial charge in [-0.3, -0.25) is 37.3 Å². The number of hydrogen-bond donors (Lipinski definition) is 3. The summed E-state index contributed by atoms with van der Waals surface area (Å²) in [6.45, 7) is 4.84. The molecule has 0 fully saturated rings. The molecule has 0 aliphatic carbocycles. The van der Waals surface area contributed by atoms with Gasteiger partial charge in [-0.2, -0.15) is 0 Å². The maximum atomic E-state index is 13.1. The lowest BCUT2D eigenvalue weighted by Crippen LogP contribution is -2.30. The van der Waals surface area contributed by atoms with Gasteiger partial charge in [0.1, 0.15) is 19.3 Å². The first-order valence-corrected chi connectivity index (χ1v) is 42.5. The predicted molar refractivity (Wildman–Crippen MR) is 400 cm³/mol. The lowest BCUT2D eigenvalue weighted by Gasteiger charge is -2.21. The van der Waals surface area contributed by atoms with E-state index in [1.54, 1.807) is 0 Å². The van der Waals surface area contributed by atoms with Crippen LogP contribution in [0.1, 0.15) is 362 Å². The number of phosphoric ester groups is 2. The van der Waals surface area contributed by atoms with Crippen LogP contribution in [0.5, 0.6) is 0 Å². The average Bonchev–Trinajstić information content (AvgIpc) is 1.04. The predicted octanol–water partition coefficient (Wildman–Crippen LogP) is 22.7. The standard InChI is InChI=1S/C79H144O17P2/c1-5-9-13-17-21-25-29-33-36-40-43-47-51-55-59-63-76(81)89-69-74(95-78(83)65-61-57-53-49-45-39-32-28-24-20-16-12-8-4)71-93-97(85,86)91-67-73(80)68-92-98(87,88)94-72-75(96-79(84)66-62-58-54-50-46-42-38-35-31-27-23-19-15-11-7-3)70-90-77(82)64-60-56-52-48-44-41-37-34-30-26-22-18-14-10-6-2/h22-23,26-27,33-38,73-75,80H,5-21,24-25,28-32,39-72H2,1-4H3,(H,85,86)(H,87,88)/b26-22-,27-23-,36-33-,37-34-,38-35-/t73-,74+,75+/m0/s1. The van der Waals surface area contributed by atoms with Gasteiger partial charge in [-0.15, -0.1) is 0 Å². The molecular weight excluding hydrogens is 1280 g/mol. The summed E-state index contributed by atoms with van der Waals surface area (Å²) in [5.41, 5.74) is 0. The molecule has 0 saturated heterocycles. The second kappa shape index (κ2) is 72.1. The van der Waals surface area contributed by atoms with E-state index in [0.717, 1.165) is 154 Å². The quantitative estimate of drug-likeness (QED) is 0.0169. The van der Waals surface area contributed by atoms with E-state index < -0.39 is 97.5 Å². The number of allylic oxidation sites excluding steroid dienone is 10. The molecule has 0 rings (SSSR count). The van der Waals surface area contributed by atoms with E-state index in [0.29, 0.717) is 25.7 Å². The summed E-state index contributed by atoms with van der Waals surface area (Å²) in [7, 11) is -9.94. The van der Waals surface area contributed by atoms with Crippen molar-refractivity contribution in [1.29, 1.82) is 0 Å². The van der Waals surface area contributed by atoms with Gasteiger partial charge in [-0.05, 0) is 116 Å². The van der Waals surface area contributed by atoms with Gasteiger partial charge in [0.2, 0.25) is 0 Å². The fourth-order valence-corrected chi connectivity index (χ4v) is 12.4. The van der Waals surface area contributed by atoms with Crippen LogP contribution in [0.25, 0.3) is 0 Å². The monoisotopic (exact) mass is 1430 g/mol. The Morgan fingerprint density at radius 3 is 0.786 bits per heavy atom. The molecule has 0 aliphatic rings. The van der Waals surface area contributed by atoms with Gasteiger partial charge < -0.3 is 33.8 Å². The molecule has 0 saturated carbocycles. The number of carbonyl (C=O) groups is 4. The van der Waals surface area contributed by atoms with E-state index in [4.69, 9.17) is 37.0 Å². The number of hydrogen-bond acceptors (Lipinski definition) is 15. The van der Waals surface area contributed by atoms with E-state index in [-0.39, 0.29) is 25.7 Å². The third kappa shape index (κ3) is 71.2. The van der Waals surface area contributed by atoms with Gasteiger partial charge in [0.05, 0.1) is 26.4 Å². The number of esters is 4. The molecule has 19 heteroatoms. The van der Waals surface area contributed by atoms with Gasteiger partial charge in [0.25, 0.3) is 0 Å². The first-order valence-electron chi connectivity index (χ1n) is 39.5. The molecule has 0 aromatic carbocycles. The van der Waals surface area contributed by atoms with E-state index in [2.05, 4.69) is 88.5 Å². The van der Waals surface area contributed by atoms with Crippen LogP contribution < -0.4 is 0 Å². The van der Waals surface area contributed by atoms with Crippen LogP contribution in [-0.2, 0) is 65.4 Å². The van der Waals surface area contributed by atoms with Crippen LogP contribution in [0.3, 0.4) is 0 Å². The Kier molecular flexibility index (Phi) is 69.7. The number of unbranched alkanes of at least 4 members (excludes halogenated alkanes) is 39. The van der Waals surface area contributed by atoms with Crippen molar-refractivity contribution in [3.63, 3.8) is 0 Å². The average molecular weight is 1430 g/mol. The zero-order chi connectivity index (χ0) is 71.8. The molecule has 2 unspecified atom stereocenters. The Labute approximate surface area is 597 Å². The highest BCUT2D eigenvalue weighted by Gasteiger charge is 2.30. The van der Waals surface area contributed by atoms with Gasteiger partial charge in [-0.25, -0.2) is 9.13 Å². The van der Waals surface area contributed by atoms with Crippen molar-refractivity contribution < 1.29 is 80.2 Å². The third-order valence-corrected chi connectivity index (χ3v) is 18.9. The molecule has 0 heterocycles. The molecule has 0 radical (unpaired) electrons. The minimum absolute atomic E-state index is 0.0792. The van der Waals surface area contributed by atoms with Gasteiger partial charge >= 0.3 is 39.5 Å². The Balaban J connectivity index is 5.34. The second-order valence-corrected chi connectivity index (χ2v) is 29.6. The molecule has 17 nitrogen and oxygen atoms in total. The summed E-state index contributed by atoms with van der Waals surface area (Å²) in [5.74, 6) is -2.18. The number of aliphatic hydroxyl groups excluding tert-OH is 1. The van der Waals surface area contributed by atoms with Crippen LogP contribution >= 0.6 is 15.6 Å². The lowest BCUT2D eigenvalue weighted by atomic mass is 10.0. The summed E-state index contributed by atoms with van der Waals surface area (Å²) >= 11 is 0. The van der Waals surface area contributed by atoms with Crippen molar-refractivity contribution in [2.75, 3.05) is 39.6 Å². The lowest BCUT2D eigenvalue weighted by molar-refractivity contribution is -0.161. The maximum absolute atomic E-state index is 13.1. The molecule has 572 valence electrons. The van der Waals surface area contributed by atoms with Crippen LogP contribution in [0, 0.1) is 0 Å². The smallest absolute Gasteiger partial charge is 0.462 e. The molecule has 98 heavy (non-hydrogen) atoms. The Bertz CT molecular complexity index is 2100. The van der Waals surface area contributed by atoms with E-state index in [1.165, 1.54) is 128 Å². The van der Waals surface area contributed by atoms with Crippen LogP contribution in [0.4, 0.5) is 0 Å². The largest absolute Gasteiger partial charge is 0.472 e. The van der Waals surface area contributed by atoms with Crippen molar-refractivity contribution >= 4 is 39.5 Å². The normalized spacial score (nSPS) is 14.2. The summed E-state index contributed by atoms with van der Waals surface area (Å²) in [5, 5.41) is 10.6. The van der Waals surface area contributed by atoms with Crippen LogP contribution in [-0.4, -0.2) is 96.7 Å². The summed E-state index contributed by atoms with van der Waals surface area (Å²) in [6.07, 6.45) is 70.5. The summed E-state index contributed by atoms with van der Waals surface area (Å²) in [4.78, 5) is 72.9. The minimum atomic E-state index is -4.98. The fraction of sp³-hybridized carbons (Fsp3) is 0.823. The van der Waals surface area contributed by atoms with Crippen molar-refractivity contribution in [2.45, 2.75) is 380 Å². The van der Waals surface area contributed by atoms with Gasteiger partial charge in [0, 0.05) is 25.7 Å². The van der Waals surface area contributed by atoms with Crippen molar-refractivity contribution in [3.05, 3.63) is 60.8 Å². The van der Waals surface area contributed by atoms with Crippen molar-refractivity contribution in [2.24, 2.45) is 0 Å². The second-order valence-electron chi connectivity index (χ2n) is 26.7. The molecule has 5 atom stereocenters. The number of phosphoric acid groups is 2. The Morgan fingerprint density at radius 1 is 0.286 bits per heavy atom. The molecule has 0 aliphatic heterocycles. The molecule has 0 aromatic heterocycles. The molecule has 3 N–H and O–H groups in total. The highest BCUT2D eigenvalue weighted by atomic mass is 31.2. The number of ether oxygens (including phenoxy) is 4. The van der Waals surface area contributed by atoms with Crippen LogP contribution in [0.15, 0.2) is 60.8 Å². The van der Waals surface area contributed by atoms with E-state index >= 15 is 0 Å². The molecule has 0 amide bonds. The maximum Gasteiger partial charge on any atom is 0.472 e. The Hall–Kier alpha value is -3.24. The summed E-state index contributed by atoms with van der Waals surface area (Å²) in [6, 6.07) is 0. The number of aliphatic hydroxyl groups is 1. The first kappa shape index (κ1) is 94.8. The third-order valence-electron chi connectivity index (χ3n) is 17.0.